The van der Waals surface area contributed by atoms with Crippen molar-refractivity contribution >= 4 is 11.8 Å². The summed E-state index contributed by atoms with van der Waals surface area (Å²) in [6, 6.07) is 3.25. The van der Waals surface area contributed by atoms with Gasteiger partial charge in [-0.2, -0.15) is 5.10 Å². The van der Waals surface area contributed by atoms with Gasteiger partial charge in [0.25, 0.3) is 0 Å². The third-order valence-corrected chi connectivity index (χ3v) is 6.15. The molecule has 6 nitrogen and oxygen atoms in total. The van der Waals surface area contributed by atoms with Gasteiger partial charge in [0.15, 0.2) is 11.6 Å². The lowest BCUT2D eigenvalue weighted by atomic mass is 10.0. The number of aromatic nitrogens is 2. The second-order valence-electron chi connectivity index (χ2n) is 9.81. The van der Waals surface area contributed by atoms with Gasteiger partial charge in [0, 0.05) is 43.5 Å². The SMILES string of the molecule is Cc1nn(C)cc1-c1ccc(NC2C[C@@H]3CN(C(=O)OC(C)(C)C)C[C@@H]3C2)c(F)c1F. The summed E-state index contributed by atoms with van der Waals surface area (Å²) in [4.78, 5) is 14.1. The highest BCUT2D eigenvalue weighted by Gasteiger charge is 2.43. The summed E-state index contributed by atoms with van der Waals surface area (Å²) >= 11 is 0. The zero-order valence-corrected chi connectivity index (χ0v) is 18.7. The van der Waals surface area contributed by atoms with Crippen LogP contribution in [-0.2, 0) is 11.8 Å². The highest BCUT2D eigenvalue weighted by molar-refractivity contribution is 5.69. The molecule has 2 fully saturated rings. The Bertz CT molecular complexity index is 984. The molecule has 0 spiro atoms. The monoisotopic (exact) mass is 432 g/mol. The Labute approximate surface area is 181 Å². The topological polar surface area (TPSA) is 59.4 Å². The molecule has 1 amide bonds. The van der Waals surface area contributed by atoms with Crippen LogP contribution < -0.4 is 5.32 Å². The number of fused-ring (bicyclic) bond motifs is 1. The van der Waals surface area contributed by atoms with Crippen molar-refractivity contribution in [2.45, 2.75) is 52.2 Å². The lowest BCUT2D eigenvalue weighted by Gasteiger charge is -2.25. The van der Waals surface area contributed by atoms with Gasteiger partial charge in [0.2, 0.25) is 0 Å². The lowest BCUT2D eigenvalue weighted by molar-refractivity contribution is 0.0280. The molecule has 2 aliphatic rings. The molecular weight excluding hydrogens is 402 g/mol. The number of anilines is 1. The number of halogens is 2. The van der Waals surface area contributed by atoms with Crippen LogP contribution in [0.2, 0.25) is 0 Å². The van der Waals surface area contributed by atoms with Gasteiger partial charge < -0.3 is 15.0 Å². The van der Waals surface area contributed by atoms with Crippen LogP contribution in [0.5, 0.6) is 0 Å². The Morgan fingerprint density at radius 1 is 1.13 bits per heavy atom. The molecule has 3 atom stereocenters. The van der Waals surface area contributed by atoms with E-state index in [2.05, 4.69) is 10.4 Å². The largest absolute Gasteiger partial charge is 0.444 e. The summed E-state index contributed by atoms with van der Waals surface area (Å²) in [6.07, 6.45) is 3.04. The first kappa shape index (κ1) is 21.6. The Morgan fingerprint density at radius 2 is 1.77 bits per heavy atom. The molecule has 4 rings (SSSR count). The molecule has 1 aliphatic heterocycles. The molecule has 8 heteroatoms. The van der Waals surface area contributed by atoms with E-state index in [-0.39, 0.29) is 23.4 Å². The van der Waals surface area contributed by atoms with E-state index in [1.807, 2.05) is 20.8 Å². The predicted molar refractivity (Wildman–Crippen MR) is 115 cm³/mol. The number of benzene rings is 1. The minimum atomic E-state index is -0.867. The summed E-state index contributed by atoms with van der Waals surface area (Å²) < 4.78 is 36.7. The molecule has 1 unspecified atom stereocenters. The van der Waals surface area contributed by atoms with Crippen LogP contribution in [0, 0.1) is 30.4 Å². The van der Waals surface area contributed by atoms with Gasteiger partial charge in [-0.05, 0) is 64.5 Å². The maximum atomic E-state index is 14.8. The van der Waals surface area contributed by atoms with E-state index < -0.39 is 17.2 Å². The Balaban J connectivity index is 1.40. The van der Waals surface area contributed by atoms with Crippen molar-refractivity contribution in [3.63, 3.8) is 0 Å². The van der Waals surface area contributed by atoms with Crippen LogP contribution in [-0.4, -0.2) is 45.5 Å². The molecule has 2 aromatic rings. The van der Waals surface area contributed by atoms with Crippen molar-refractivity contribution in [3.8, 4) is 11.1 Å². The number of aryl methyl sites for hydroxylation is 2. The van der Waals surface area contributed by atoms with E-state index in [0.717, 1.165) is 12.8 Å². The Hall–Kier alpha value is -2.64. The van der Waals surface area contributed by atoms with Gasteiger partial charge >= 0.3 is 6.09 Å². The summed E-state index contributed by atoms with van der Waals surface area (Å²) in [5, 5.41) is 7.40. The average Bonchev–Trinajstić information content (AvgIpc) is 3.30. The quantitative estimate of drug-likeness (QED) is 0.762. The second-order valence-corrected chi connectivity index (χ2v) is 9.81. The predicted octanol–water partition coefficient (Wildman–Crippen LogP) is 4.73. The molecule has 1 saturated heterocycles. The molecule has 0 radical (unpaired) electrons. The van der Waals surface area contributed by atoms with Gasteiger partial charge in [-0.3, -0.25) is 4.68 Å². The number of amides is 1. The van der Waals surface area contributed by atoms with Crippen molar-refractivity contribution in [2.24, 2.45) is 18.9 Å². The van der Waals surface area contributed by atoms with Crippen LogP contribution in [0.25, 0.3) is 11.1 Å². The first-order valence-corrected chi connectivity index (χ1v) is 10.7. The van der Waals surface area contributed by atoms with Crippen LogP contribution in [0.1, 0.15) is 39.3 Å². The summed E-state index contributed by atoms with van der Waals surface area (Å²) in [6.45, 7) is 8.64. The van der Waals surface area contributed by atoms with Gasteiger partial charge in [0.1, 0.15) is 5.60 Å². The van der Waals surface area contributed by atoms with E-state index in [1.54, 1.807) is 41.9 Å². The second kappa shape index (κ2) is 7.80. The zero-order valence-electron chi connectivity index (χ0n) is 18.7. The van der Waals surface area contributed by atoms with E-state index in [9.17, 15) is 13.6 Å². The lowest BCUT2D eigenvalue weighted by Crippen LogP contribution is -2.36. The van der Waals surface area contributed by atoms with E-state index >= 15 is 0 Å². The first-order chi connectivity index (χ1) is 14.5. The molecule has 1 N–H and O–H groups in total. The van der Waals surface area contributed by atoms with Gasteiger partial charge in [-0.25, -0.2) is 13.6 Å². The van der Waals surface area contributed by atoms with Crippen molar-refractivity contribution in [3.05, 3.63) is 35.7 Å². The fraction of sp³-hybridized carbons (Fsp3) is 0.565. The van der Waals surface area contributed by atoms with E-state index in [0.29, 0.717) is 36.2 Å². The number of hydrogen-bond acceptors (Lipinski definition) is 4. The summed E-state index contributed by atoms with van der Waals surface area (Å²) in [7, 11) is 1.75. The van der Waals surface area contributed by atoms with E-state index in [4.69, 9.17) is 4.74 Å². The molecule has 1 saturated carbocycles. The number of nitrogens with one attached hydrogen (secondary N) is 1. The van der Waals surface area contributed by atoms with Crippen molar-refractivity contribution < 1.29 is 18.3 Å². The molecule has 1 aromatic carbocycles. The normalized spacial score (nSPS) is 23.2. The van der Waals surface area contributed by atoms with Gasteiger partial charge in [-0.1, -0.05) is 0 Å². The first-order valence-electron chi connectivity index (χ1n) is 10.7. The number of ether oxygens (including phenoxy) is 1. The van der Waals surface area contributed by atoms with Gasteiger partial charge in [0.05, 0.1) is 11.4 Å². The Kier molecular flexibility index (Phi) is 5.43. The fourth-order valence-electron chi connectivity index (χ4n) is 4.85. The third kappa shape index (κ3) is 4.38. The maximum Gasteiger partial charge on any atom is 0.410 e. The van der Waals surface area contributed by atoms with Crippen molar-refractivity contribution in [2.75, 3.05) is 18.4 Å². The molecule has 31 heavy (non-hydrogen) atoms. The summed E-state index contributed by atoms with van der Waals surface area (Å²) in [5.41, 5.74) is 1.12. The highest BCUT2D eigenvalue weighted by Crippen LogP contribution is 2.40. The molecule has 1 aliphatic carbocycles. The molecule has 168 valence electrons. The maximum absolute atomic E-state index is 14.8. The van der Waals surface area contributed by atoms with Crippen LogP contribution >= 0.6 is 0 Å². The third-order valence-electron chi connectivity index (χ3n) is 6.15. The minimum Gasteiger partial charge on any atom is -0.444 e. The molecule has 1 aromatic heterocycles. The van der Waals surface area contributed by atoms with Crippen molar-refractivity contribution in [1.82, 2.24) is 14.7 Å². The average molecular weight is 433 g/mol. The fourth-order valence-corrected chi connectivity index (χ4v) is 4.85. The number of hydrogen-bond donors (Lipinski definition) is 1. The number of rotatable bonds is 3. The van der Waals surface area contributed by atoms with Crippen molar-refractivity contribution in [1.29, 1.82) is 0 Å². The van der Waals surface area contributed by atoms with Gasteiger partial charge in [-0.15, -0.1) is 0 Å². The molecule has 0 bridgehead atoms. The van der Waals surface area contributed by atoms with Crippen LogP contribution in [0.15, 0.2) is 18.3 Å². The molecule has 2 heterocycles. The molecular formula is C23H30F2N4O2. The van der Waals surface area contributed by atoms with E-state index in [1.165, 1.54) is 0 Å². The smallest absolute Gasteiger partial charge is 0.410 e. The zero-order chi connectivity index (χ0) is 22.5. The number of nitrogens with zero attached hydrogens (tertiary/aromatic N) is 3. The van der Waals surface area contributed by atoms with Crippen LogP contribution in [0.3, 0.4) is 0 Å². The highest BCUT2D eigenvalue weighted by atomic mass is 19.2. The number of likely N-dealkylation sites (tertiary alicyclic amines) is 1. The van der Waals surface area contributed by atoms with Crippen LogP contribution in [0.4, 0.5) is 19.3 Å². The standard InChI is InChI=1S/C23H30F2N4O2/c1-13-18(12-28(5)27-13)17-6-7-19(21(25)20(17)24)26-16-8-14-10-29(11-15(14)9-16)22(30)31-23(2,3)4/h6-7,12,14-16,26H,8-11H2,1-5H3/t14-,15+,16?. The number of carbonyl (C=O) groups is 1. The Morgan fingerprint density at radius 3 is 2.32 bits per heavy atom. The number of carbonyl (C=O) groups excluding carboxylic acids is 1. The summed E-state index contributed by atoms with van der Waals surface area (Å²) in [5.74, 6) is -1.05. The minimum absolute atomic E-state index is 0.0515.